The van der Waals surface area contributed by atoms with E-state index < -0.39 is 0 Å². The van der Waals surface area contributed by atoms with E-state index in [0.717, 1.165) is 25.7 Å². The Morgan fingerprint density at radius 3 is 1.70 bits per heavy atom. The van der Waals surface area contributed by atoms with E-state index in [0.29, 0.717) is 0 Å². The lowest BCUT2D eigenvalue weighted by atomic mass is 10.1. The van der Waals surface area contributed by atoms with Crippen LogP contribution in [0.25, 0.3) is 0 Å². The molecule has 0 unspecified atom stereocenters. The van der Waals surface area contributed by atoms with Crippen LogP contribution in [-0.4, -0.2) is 29.5 Å². The molecule has 3 nitrogen and oxygen atoms in total. The van der Waals surface area contributed by atoms with Crippen molar-refractivity contribution in [2.45, 2.75) is 31.7 Å². The highest BCUT2D eigenvalue weighted by molar-refractivity contribution is 4.59. The molecule has 0 heterocycles. The number of aliphatic hydroxyl groups excluding tert-OH is 2. The molecule has 0 radical (unpaired) electrons. The molecule has 0 saturated heterocycles. The van der Waals surface area contributed by atoms with E-state index >= 15 is 0 Å². The van der Waals surface area contributed by atoms with Gasteiger partial charge in [0.15, 0.2) is 0 Å². The monoisotopic (exact) mass is 147 g/mol. The van der Waals surface area contributed by atoms with Crippen molar-refractivity contribution in [3.8, 4) is 0 Å². The first-order valence-corrected chi connectivity index (χ1v) is 3.78. The third-order valence-corrected chi connectivity index (χ3v) is 1.47. The molecule has 0 spiro atoms. The zero-order valence-electron chi connectivity index (χ0n) is 6.29. The molecule has 0 saturated carbocycles. The van der Waals surface area contributed by atoms with E-state index in [1.807, 2.05) is 0 Å². The summed E-state index contributed by atoms with van der Waals surface area (Å²) in [5, 5.41) is 16.9. The van der Waals surface area contributed by atoms with Gasteiger partial charge in [0.1, 0.15) is 0 Å². The Labute approximate surface area is 61.9 Å². The second-order valence-electron chi connectivity index (χ2n) is 2.49. The Morgan fingerprint density at radius 2 is 1.40 bits per heavy atom. The molecule has 0 aliphatic carbocycles. The summed E-state index contributed by atoms with van der Waals surface area (Å²) in [4.78, 5) is 0. The first kappa shape index (κ1) is 9.88. The average Bonchev–Trinajstić information content (AvgIpc) is 1.97. The standard InChI is InChI=1S/C7H17NO2/c8-7(3-1-5-9)4-2-6-10/h7,9-10H,1-6,8H2. The molecule has 4 N–H and O–H groups in total. The predicted octanol–water partition coefficient (Wildman–Crippen LogP) is -0.141. The summed E-state index contributed by atoms with van der Waals surface area (Å²) in [7, 11) is 0. The largest absolute Gasteiger partial charge is 0.396 e. The summed E-state index contributed by atoms with van der Waals surface area (Å²) in [5.41, 5.74) is 5.62. The molecular weight excluding hydrogens is 130 g/mol. The fourth-order valence-electron chi connectivity index (χ4n) is 0.851. The van der Waals surface area contributed by atoms with Gasteiger partial charge in [-0.2, -0.15) is 0 Å². The van der Waals surface area contributed by atoms with Crippen LogP contribution < -0.4 is 5.73 Å². The van der Waals surface area contributed by atoms with Crippen LogP contribution in [0.15, 0.2) is 0 Å². The first-order valence-electron chi connectivity index (χ1n) is 3.78. The maximum absolute atomic E-state index is 8.44. The van der Waals surface area contributed by atoms with Crippen molar-refractivity contribution in [3.63, 3.8) is 0 Å². The Kier molecular flexibility index (Phi) is 6.91. The molecule has 10 heavy (non-hydrogen) atoms. The number of hydrogen-bond donors (Lipinski definition) is 3. The van der Waals surface area contributed by atoms with Crippen molar-refractivity contribution in [2.75, 3.05) is 13.2 Å². The Morgan fingerprint density at radius 1 is 1.00 bits per heavy atom. The highest BCUT2D eigenvalue weighted by Crippen LogP contribution is 2.00. The molecule has 0 bridgehead atoms. The SMILES string of the molecule is NC(CCCO)CCCO. The van der Waals surface area contributed by atoms with E-state index in [9.17, 15) is 0 Å². The maximum atomic E-state index is 8.44. The lowest BCUT2D eigenvalue weighted by Crippen LogP contribution is -2.20. The minimum Gasteiger partial charge on any atom is -0.396 e. The van der Waals surface area contributed by atoms with Crippen molar-refractivity contribution in [1.29, 1.82) is 0 Å². The average molecular weight is 147 g/mol. The van der Waals surface area contributed by atoms with Gasteiger partial charge in [-0.3, -0.25) is 0 Å². The van der Waals surface area contributed by atoms with Crippen LogP contribution >= 0.6 is 0 Å². The van der Waals surface area contributed by atoms with Gasteiger partial charge >= 0.3 is 0 Å². The highest BCUT2D eigenvalue weighted by Gasteiger charge is 1.99. The van der Waals surface area contributed by atoms with E-state index in [-0.39, 0.29) is 19.3 Å². The van der Waals surface area contributed by atoms with Gasteiger partial charge in [-0.1, -0.05) is 0 Å². The zero-order chi connectivity index (χ0) is 7.82. The van der Waals surface area contributed by atoms with Crippen molar-refractivity contribution in [2.24, 2.45) is 5.73 Å². The molecule has 0 aromatic heterocycles. The van der Waals surface area contributed by atoms with Crippen LogP contribution in [0.5, 0.6) is 0 Å². The number of nitrogens with two attached hydrogens (primary N) is 1. The summed E-state index contributed by atoms with van der Waals surface area (Å²) in [6.07, 6.45) is 3.26. The second-order valence-corrected chi connectivity index (χ2v) is 2.49. The van der Waals surface area contributed by atoms with Gasteiger partial charge in [0.25, 0.3) is 0 Å². The van der Waals surface area contributed by atoms with E-state index in [1.165, 1.54) is 0 Å². The summed E-state index contributed by atoms with van der Waals surface area (Å²) in [5.74, 6) is 0. The molecule has 0 aliphatic rings. The summed E-state index contributed by atoms with van der Waals surface area (Å²) in [6, 6.07) is 0.152. The van der Waals surface area contributed by atoms with Gasteiger partial charge in [0.2, 0.25) is 0 Å². The van der Waals surface area contributed by atoms with Gasteiger partial charge in [-0.05, 0) is 25.7 Å². The van der Waals surface area contributed by atoms with Gasteiger partial charge < -0.3 is 15.9 Å². The van der Waals surface area contributed by atoms with Crippen LogP contribution in [-0.2, 0) is 0 Å². The summed E-state index contributed by atoms with van der Waals surface area (Å²) < 4.78 is 0. The number of aliphatic hydroxyl groups is 2. The smallest absolute Gasteiger partial charge is 0.0431 e. The van der Waals surface area contributed by atoms with Crippen LogP contribution in [0.4, 0.5) is 0 Å². The molecule has 0 fully saturated rings. The predicted molar refractivity (Wildman–Crippen MR) is 40.6 cm³/mol. The number of rotatable bonds is 6. The van der Waals surface area contributed by atoms with Crippen molar-refractivity contribution < 1.29 is 10.2 Å². The van der Waals surface area contributed by atoms with Crippen LogP contribution in [0.1, 0.15) is 25.7 Å². The van der Waals surface area contributed by atoms with Crippen LogP contribution in [0.2, 0.25) is 0 Å². The fourth-order valence-corrected chi connectivity index (χ4v) is 0.851. The molecule has 0 aromatic carbocycles. The van der Waals surface area contributed by atoms with Gasteiger partial charge in [-0.25, -0.2) is 0 Å². The van der Waals surface area contributed by atoms with Gasteiger partial charge in [0.05, 0.1) is 0 Å². The second kappa shape index (κ2) is 6.99. The summed E-state index contributed by atoms with van der Waals surface area (Å²) in [6.45, 7) is 0.430. The van der Waals surface area contributed by atoms with Gasteiger partial charge in [-0.15, -0.1) is 0 Å². The molecule has 0 aromatic rings. The van der Waals surface area contributed by atoms with Crippen molar-refractivity contribution in [1.82, 2.24) is 0 Å². The third-order valence-electron chi connectivity index (χ3n) is 1.47. The molecule has 3 heteroatoms. The highest BCUT2D eigenvalue weighted by atomic mass is 16.3. The summed E-state index contributed by atoms with van der Waals surface area (Å²) >= 11 is 0. The molecule has 0 amide bonds. The molecule has 0 aliphatic heterocycles. The van der Waals surface area contributed by atoms with Gasteiger partial charge in [0, 0.05) is 19.3 Å². The Bertz CT molecular complexity index is 60.6. The van der Waals surface area contributed by atoms with Crippen molar-refractivity contribution in [3.05, 3.63) is 0 Å². The van der Waals surface area contributed by atoms with E-state index in [4.69, 9.17) is 15.9 Å². The lowest BCUT2D eigenvalue weighted by Gasteiger charge is -2.08. The molecule has 0 rings (SSSR count). The maximum Gasteiger partial charge on any atom is 0.0431 e. The van der Waals surface area contributed by atoms with Crippen LogP contribution in [0, 0.1) is 0 Å². The third kappa shape index (κ3) is 6.01. The Hall–Kier alpha value is -0.120. The zero-order valence-corrected chi connectivity index (χ0v) is 6.29. The minimum atomic E-state index is 0.152. The van der Waals surface area contributed by atoms with E-state index in [1.54, 1.807) is 0 Å². The molecule has 0 atom stereocenters. The van der Waals surface area contributed by atoms with Crippen molar-refractivity contribution >= 4 is 0 Å². The fraction of sp³-hybridized carbons (Fsp3) is 1.00. The lowest BCUT2D eigenvalue weighted by molar-refractivity contribution is 0.264. The first-order chi connectivity index (χ1) is 4.81. The topological polar surface area (TPSA) is 66.5 Å². The normalized spacial score (nSPS) is 10.8. The van der Waals surface area contributed by atoms with Crippen LogP contribution in [0.3, 0.4) is 0 Å². The Balaban J connectivity index is 3.00. The molecular formula is C7H17NO2. The van der Waals surface area contributed by atoms with E-state index in [2.05, 4.69) is 0 Å². The number of hydrogen-bond acceptors (Lipinski definition) is 3. The minimum absolute atomic E-state index is 0.152. The molecule has 62 valence electrons. The quantitative estimate of drug-likeness (QED) is 0.490.